The van der Waals surface area contributed by atoms with Crippen molar-refractivity contribution in [3.8, 4) is 17.2 Å². The van der Waals surface area contributed by atoms with Crippen LogP contribution in [0.3, 0.4) is 0 Å². The molecule has 6 nitrogen and oxygen atoms in total. The van der Waals surface area contributed by atoms with Crippen molar-refractivity contribution >= 4 is 23.6 Å². The fraction of sp³-hybridized carbons (Fsp3) is 0.154. The van der Waals surface area contributed by atoms with Crippen LogP contribution in [0.15, 0.2) is 79.0 Å². The number of fused-ring (bicyclic) bond motifs is 1. The Bertz CT molecular complexity index is 1150. The molecule has 4 rings (SSSR count). The molecule has 2 amide bonds. The molecule has 0 unspecified atom stereocenters. The third-order valence-electron chi connectivity index (χ3n) is 5.28. The summed E-state index contributed by atoms with van der Waals surface area (Å²) >= 11 is 0. The van der Waals surface area contributed by atoms with Crippen molar-refractivity contribution in [3.05, 3.63) is 90.1 Å². The van der Waals surface area contributed by atoms with E-state index in [4.69, 9.17) is 9.47 Å². The van der Waals surface area contributed by atoms with Gasteiger partial charge in [0.05, 0.1) is 19.6 Å². The Hall–Kier alpha value is -4.06. The Balaban J connectivity index is 1.44. The lowest BCUT2D eigenvalue weighted by Gasteiger charge is -2.32. The van der Waals surface area contributed by atoms with Crippen molar-refractivity contribution in [2.75, 3.05) is 12.4 Å². The fourth-order valence-corrected chi connectivity index (χ4v) is 3.74. The molecule has 0 saturated heterocycles. The minimum Gasteiger partial charge on any atom is -0.493 e. The summed E-state index contributed by atoms with van der Waals surface area (Å²) in [5.74, 6) is 1.60. The Morgan fingerprint density at radius 2 is 1.62 bits per heavy atom. The minimum absolute atomic E-state index is 0.105. The Labute approximate surface area is 187 Å². The van der Waals surface area contributed by atoms with E-state index in [1.807, 2.05) is 54.6 Å². The Kier molecular flexibility index (Phi) is 6.22. The molecule has 0 saturated carbocycles. The first kappa shape index (κ1) is 21.2. The zero-order valence-electron chi connectivity index (χ0n) is 17.9. The van der Waals surface area contributed by atoms with E-state index >= 15 is 0 Å². The van der Waals surface area contributed by atoms with Crippen molar-refractivity contribution in [2.45, 2.75) is 19.4 Å². The first-order chi connectivity index (χ1) is 15.5. The maximum absolute atomic E-state index is 12.8. The van der Waals surface area contributed by atoms with E-state index < -0.39 is 0 Å². The van der Waals surface area contributed by atoms with Gasteiger partial charge >= 0.3 is 0 Å². The lowest BCUT2D eigenvalue weighted by atomic mass is 9.93. The molecule has 1 atom stereocenters. The van der Waals surface area contributed by atoms with E-state index in [9.17, 15) is 9.59 Å². The largest absolute Gasteiger partial charge is 0.493 e. The number of ether oxygens (including phenoxy) is 2. The minimum atomic E-state index is -0.346. The molecule has 162 valence electrons. The number of benzene rings is 3. The third kappa shape index (κ3) is 4.64. The number of hydrogen-bond donors (Lipinski definition) is 1. The van der Waals surface area contributed by atoms with Gasteiger partial charge in [0, 0.05) is 18.8 Å². The number of carbonyl (C=O) groups excluding carboxylic acids is 2. The molecule has 1 heterocycles. The second kappa shape index (κ2) is 9.39. The maximum Gasteiger partial charge on any atom is 0.226 e. The monoisotopic (exact) mass is 428 g/mol. The van der Waals surface area contributed by atoms with Crippen LogP contribution in [0.1, 0.15) is 30.5 Å². The molecule has 3 aromatic carbocycles. The summed E-state index contributed by atoms with van der Waals surface area (Å²) in [5, 5.41) is 2.91. The molecule has 0 aliphatic carbocycles. The number of nitrogens with one attached hydrogen (secondary N) is 1. The zero-order chi connectivity index (χ0) is 22.5. The number of nitrogens with zero attached hydrogens (tertiary/aromatic N) is 1. The standard InChI is InChI=1S/C26H24N2O4/c1-18(29)28-16-15-19-7-3-4-8-22(19)23(28)17-26(30)27-20-11-13-21(14-12-20)32-25-10-6-5-9-24(25)31-2/h3-16,23H,17H2,1-2H3,(H,27,30)/t23-/m0/s1. The van der Waals surface area contributed by atoms with Gasteiger partial charge in [-0.25, -0.2) is 0 Å². The number of anilines is 1. The fourth-order valence-electron chi connectivity index (χ4n) is 3.74. The van der Waals surface area contributed by atoms with E-state index in [0.29, 0.717) is 22.9 Å². The van der Waals surface area contributed by atoms with Gasteiger partial charge in [0.2, 0.25) is 11.8 Å². The highest BCUT2D eigenvalue weighted by atomic mass is 16.5. The molecule has 6 heteroatoms. The van der Waals surface area contributed by atoms with Crippen molar-refractivity contribution in [2.24, 2.45) is 0 Å². The average molecular weight is 428 g/mol. The van der Waals surface area contributed by atoms with Crippen LogP contribution in [-0.4, -0.2) is 23.8 Å². The molecule has 1 N–H and O–H groups in total. The Morgan fingerprint density at radius 3 is 2.34 bits per heavy atom. The highest BCUT2D eigenvalue weighted by Crippen LogP contribution is 2.34. The van der Waals surface area contributed by atoms with Gasteiger partial charge in [-0.2, -0.15) is 0 Å². The molecule has 1 aliphatic heterocycles. The van der Waals surface area contributed by atoms with Gasteiger partial charge < -0.3 is 19.7 Å². The summed E-state index contributed by atoms with van der Waals surface area (Å²) in [5.41, 5.74) is 2.62. The van der Waals surface area contributed by atoms with Crippen LogP contribution in [0.25, 0.3) is 6.08 Å². The number of rotatable bonds is 6. The summed E-state index contributed by atoms with van der Waals surface area (Å²) in [4.78, 5) is 26.5. The number of carbonyl (C=O) groups is 2. The first-order valence-electron chi connectivity index (χ1n) is 10.3. The van der Waals surface area contributed by atoms with E-state index in [0.717, 1.165) is 11.1 Å². The van der Waals surface area contributed by atoms with Crippen molar-refractivity contribution in [3.63, 3.8) is 0 Å². The number of para-hydroxylation sites is 2. The van der Waals surface area contributed by atoms with Gasteiger partial charge in [-0.15, -0.1) is 0 Å². The smallest absolute Gasteiger partial charge is 0.226 e. The topological polar surface area (TPSA) is 67.9 Å². The van der Waals surface area contributed by atoms with Crippen molar-refractivity contribution in [1.29, 1.82) is 0 Å². The molecule has 0 fully saturated rings. The van der Waals surface area contributed by atoms with Gasteiger partial charge in [-0.3, -0.25) is 9.59 Å². The normalized spacial score (nSPS) is 14.4. The molecule has 0 radical (unpaired) electrons. The Morgan fingerprint density at radius 1 is 0.938 bits per heavy atom. The van der Waals surface area contributed by atoms with Crippen LogP contribution < -0.4 is 14.8 Å². The molecule has 0 bridgehead atoms. The average Bonchev–Trinajstić information content (AvgIpc) is 2.80. The van der Waals surface area contributed by atoms with Crippen LogP contribution in [-0.2, 0) is 9.59 Å². The van der Waals surface area contributed by atoms with Crippen molar-refractivity contribution in [1.82, 2.24) is 4.90 Å². The molecule has 32 heavy (non-hydrogen) atoms. The highest BCUT2D eigenvalue weighted by molar-refractivity contribution is 5.92. The quantitative estimate of drug-likeness (QED) is 0.572. The predicted molar refractivity (Wildman–Crippen MR) is 123 cm³/mol. The van der Waals surface area contributed by atoms with Crippen LogP contribution in [0, 0.1) is 0 Å². The first-order valence-corrected chi connectivity index (χ1v) is 10.3. The summed E-state index contributed by atoms with van der Waals surface area (Å²) in [6.45, 7) is 1.50. The summed E-state index contributed by atoms with van der Waals surface area (Å²) in [6.07, 6.45) is 3.79. The zero-order valence-corrected chi connectivity index (χ0v) is 17.9. The molecule has 3 aromatic rings. The van der Waals surface area contributed by atoms with Gasteiger partial charge in [0.25, 0.3) is 0 Å². The van der Waals surface area contributed by atoms with Gasteiger partial charge in [0.15, 0.2) is 11.5 Å². The van der Waals surface area contributed by atoms with Gasteiger partial charge in [-0.05, 0) is 53.6 Å². The third-order valence-corrected chi connectivity index (χ3v) is 5.28. The molecule has 0 spiro atoms. The highest BCUT2D eigenvalue weighted by Gasteiger charge is 2.28. The summed E-state index contributed by atoms with van der Waals surface area (Å²) < 4.78 is 11.2. The maximum atomic E-state index is 12.8. The molecule has 1 aliphatic rings. The van der Waals surface area contributed by atoms with E-state index in [1.165, 1.54) is 6.92 Å². The summed E-state index contributed by atoms with van der Waals surface area (Å²) in [6, 6.07) is 22.0. The predicted octanol–water partition coefficient (Wildman–Crippen LogP) is 5.39. The van der Waals surface area contributed by atoms with Gasteiger partial charge in [-0.1, -0.05) is 36.4 Å². The summed E-state index contributed by atoms with van der Waals surface area (Å²) in [7, 11) is 1.59. The van der Waals surface area contributed by atoms with Crippen molar-refractivity contribution < 1.29 is 19.1 Å². The van der Waals surface area contributed by atoms with E-state index in [1.54, 1.807) is 42.5 Å². The second-order valence-corrected chi connectivity index (χ2v) is 7.42. The van der Waals surface area contributed by atoms with Crippen LogP contribution >= 0.6 is 0 Å². The molecular formula is C26H24N2O4. The van der Waals surface area contributed by atoms with Crippen LogP contribution in [0.2, 0.25) is 0 Å². The van der Waals surface area contributed by atoms with E-state index in [-0.39, 0.29) is 24.3 Å². The molecular weight excluding hydrogens is 404 g/mol. The number of methoxy groups -OCH3 is 1. The van der Waals surface area contributed by atoms with Crippen LogP contribution in [0.4, 0.5) is 5.69 Å². The second-order valence-electron chi connectivity index (χ2n) is 7.42. The lowest BCUT2D eigenvalue weighted by Crippen LogP contribution is -2.33. The van der Waals surface area contributed by atoms with E-state index in [2.05, 4.69) is 5.32 Å². The lowest BCUT2D eigenvalue weighted by molar-refractivity contribution is -0.129. The van der Waals surface area contributed by atoms with Crippen LogP contribution in [0.5, 0.6) is 17.2 Å². The number of hydrogen-bond acceptors (Lipinski definition) is 4. The van der Waals surface area contributed by atoms with Gasteiger partial charge in [0.1, 0.15) is 5.75 Å². The molecule has 0 aromatic heterocycles. The SMILES string of the molecule is COc1ccccc1Oc1ccc(NC(=O)C[C@H]2c3ccccc3C=CN2C(C)=O)cc1. The number of amides is 2.